The Morgan fingerprint density at radius 3 is 2.48 bits per heavy atom. The Hall–Kier alpha value is -3.06. The van der Waals surface area contributed by atoms with Crippen molar-refractivity contribution in [3.63, 3.8) is 0 Å². The van der Waals surface area contributed by atoms with Gasteiger partial charge in [-0.25, -0.2) is 9.59 Å². The number of aryl methyl sites for hydroxylation is 1. The number of nitrogens with zero attached hydrogens (tertiary/aromatic N) is 1. The molecule has 0 heterocycles. The van der Waals surface area contributed by atoms with Crippen molar-refractivity contribution in [3.8, 4) is 5.75 Å². The first kappa shape index (κ1) is 22.2. The second-order valence-corrected chi connectivity index (χ2v) is 6.99. The molecule has 2 amide bonds. The highest BCUT2D eigenvalue weighted by atomic mass is 16.6. The fourth-order valence-corrected chi connectivity index (χ4v) is 2.42. The van der Waals surface area contributed by atoms with E-state index in [9.17, 15) is 9.59 Å². The minimum atomic E-state index is -0.552. The predicted octanol–water partition coefficient (Wildman–Crippen LogP) is 4.85. The zero-order valence-electron chi connectivity index (χ0n) is 17.3. The second-order valence-electron chi connectivity index (χ2n) is 6.99. The number of carbonyl (C=O) groups excluding carboxylic acids is 2. The van der Waals surface area contributed by atoms with Crippen LogP contribution in [0.1, 0.15) is 19.4 Å². The standard InChI is InChI=1S/C22H28N2O5/c1-16(2)15-28-21(25)23-18-6-5-7-20(14-18)29-22(26)24(12-13-27-4)19-10-8-17(3)9-11-19/h5-11,14,16H,12-13,15H2,1-4H3,(H,23,25). The van der Waals surface area contributed by atoms with Crippen LogP contribution >= 0.6 is 0 Å². The summed E-state index contributed by atoms with van der Waals surface area (Å²) in [6.45, 7) is 6.93. The summed E-state index contributed by atoms with van der Waals surface area (Å²) in [6, 6.07) is 14.2. The molecule has 0 atom stereocenters. The van der Waals surface area contributed by atoms with Crippen LogP contribution in [0.4, 0.5) is 21.0 Å². The predicted molar refractivity (Wildman–Crippen MR) is 113 cm³/mol. The summed E-state index contributed by atoms with van der Waals surface area (Å²) in [6.07, 6.45) is -1.09. The molecule has 2 aromatic rings. The summed E-state index contributed by atoms with van der Waals surface area (Å²) in [5, 5.41) is 2.63. The summed E-state index contributed by atoms with van der Waals surface area (Å²) in [4.78, 5) is 26.1. The maximum absolute atomic E-state index is 12.8. The fourth-order valence-electron chi connectivity index (χ4n) is 2.42. The lowest BCUT2D eigenvalue weighted by atomic mass is 10.2. The van der Waals surface area contributed by atoms with Crippen molar-refractivity contribution >= 4 is 23.6 Å². The van der Waals surface area contributed by atoms with Crippen molar-refractivity contribution in [1.29, 1.82) is 0 Å². The lowest BCUT2D eigenvalue weighted by Crippen LogP contribution is -2.36. The van der Waals surface area contributed by atoms with E-state index in [1.54, 1.807) is 31.4 Å². The first-order valence-corrected chi connectivity index (χ1v) is 9.48. The number of carbonyl (C=O) groups is 2. The van der Waals surface area contributed by atoms with E-state index in [2.05, 4.69) is 5.32 Å². The normalized spacial score (nSPS) is 10.5. The Kier molecular flexibility index (Phi) is 8.48. The number of rotatable bonds is 8. The molecular formula is C22H28N2O5. The molecular weight excluding hydrogens is 372 g/mol. The minimum Gasteiger partial charge on any atom is -0.449 e. The third-order valence-electron chi connectivity index (χ3n) is 3.92. The zero-order chi connectivity index (χ0) is 21.2. The van der Waals surface area contributed by atoms with Crippen molar-refractivity contribution in [2.45, 2.75) is 20.8 Å². The molecule has 0 aliphatic carbocycles. The highest BCUT2D eigenvalue weighted by Crippen LogP contribution is 2.21. The van der Waals surface area contributed by atoms with Crippen LogP contribution in [0.15, 0.2) is 48.5 Å². The lowest BCUT2D eigenvalue weighted by molar-refractivity contribution is 0.147. The first-order chi connectivity index (χ1) is 13.9. The van der Waals surface area contributed by atoms with Crippen molar-refractivity contribution in [3.05, 3.63) is 54.1 Å². The van der Waals surface area contributed by atoms with Gasteiger partial charge in [-0.05, 0) is 37.1 Å². The third-order valence-corrected chi connectivity index (χ3v) is 3.92. The summed E-state index contributed by atoms with van der Waals surface area (Å²) in [5.74, 6) is 0.555. The van der Waals surface area contributed by atoms with Gasteiger partial charge in [-0.15, -0.1) is 0 Å². The Bertz CT molecular complexity index is 805. The fraction of sp³-hybridized carbons (Fsp3) is 0.364. The Morgan fingerprint density at radius 2 is 1.83 bits per heavy atom. The van der Waals surface area contributed by atoms with Crippen LogP contribution in [0, 0.1) is 12.8 Å². The molecule has 7 heteroatoms. The molecule has 0 spiro atoms. The van der Waals surface area contributed by atoms with Crippen molar-refractivity contribution < 1.29 is 23.8 Å². The molecule has 156 valence electrons. The monoisotopic (exact) mass is 400 g/mol. The molecule has 0 bridgehead atoms. The van der Waals surface area contributed by atoms with E-state index in [0.29, 0.717) is 36.9 Å². The summed E-state index contributed by atoms with van der Waals surface area (Å²) in [7, 11) is 1.58. The molecule has 2 rings (SSSR count). The van der Waals surface area contributed by atoms with Gasteiger partial charge in [0.2, 0.25) is 0 Å². The van der Waals surface area contributed by atoms with Crippen LogP contribution in [0.2, 0.25) is 0 Å². The summed E-state index contributed by atoms with van der Waals surface area (Å²) in [5.41, 5.74) is 2.28. The number of amides is 2. The van der Waals surface area contributed by atoms with Gasteiger partial charge in [-0.2, -0.15) is 0 Å². The average molecular weight is 400 g/mol. The molecule has 0 saturated heterocycles. The highest BCUT2D eigenvalue weighted by Gasteiger charge is 2.18. The number of hydrogen-bond acceptors (Lipinski definition) is 5. The van der Waals surface area contributed by atoms with E-state index in [4.69, 9.17) is 14.2 Å². The molecule has 0 aliphatic heterocycles. The molecule has 0 aliphatic rings. The number of benzene rings is 2. The van der Waals surface area contributed by atoms with Crippen LogP contribution in [-0.2, 0) is 9.47 Å². The number of hydrogen-bond donors (Lipinski definition) is 1. The van der Waals surface area contributed by atoms with E-state index in [1.165, 1.54) is 4.90 Å². The van der Waals surface area contributed by atoms with E-state index in [0.717, 1.165) is 5.56 Å². The largest absolute Gasteiger partial charge is 0.449 e. The third kappa shape index (κ3) is 7.46. The van der Waals surface area contributed by atoms with Gasteiger partial charge in [0.15, 0.2) is 0 Å². The van der Waals surface area contributed by atoms with Gasteiger partial charge >= 0.3 is 12.2 Å². The van der Waals surface area contributed by atoms with Crippen LogP contribution in [0.5, 0.6) is 5.75 Å². The molecule has 0 fully saturated rings. The van der Waals surface area contributed by atoms with Crippen LogP contribution in [-0.4, -0.2) is 39.1 Å². The van der Waals surface area contributed by atoms with Gasteiger partial charge < -0.3 is 14.2 Å². The minimum absolute atomic E-state index is 0.243. The van der Waals surface area contributed by atoms with Crippen LogP contribution in [0.25, 0.3) is 0 Å². The van der Waals surface area contributed by atoms with Gasteiger partial charge in [-0.3, -0.25) is 10.2 Å². The van der Waals surface area contributed by atoms with Gasteiger partial charge in [0, 0.05) is 24.6 Å². The van der Waals surface area contributed by atoms with E-state index in [1.807, 2.05) is 45.0 Å². The lowest BCUT2D eigenvalue weighted by Gasteiger charge is -2.22. The molecule has 7 nitrogen and oxygen atoms in total. The number of nitrogens with one attached hydrogen (secondary N) is 1. The Balaban J connectivity index is 2.06. The van der Waals surface area contributed by atoms with Crippen LogP contribution in [0.3, 0.4) is 0 Å². The van der Waals surface area contributed by atoms with E-state index < -0.39 is 12.2 Å². The maximum atomic E-state index is 12.8. The van der Waals surface area contributed by atoms with Gasteiger partial charge in [-0.1, -0.05) is 37.6 Å². The first-order valence-electron chi connectivity index (χ1n) is 9.48. The second kappa shape index (κ2) is 11.1. The molecule has 0 aromatic heterocycles. The van der Waals surface area contributed by atoms with E-state index >= 15 is 0 Å². The molecule has 0 radical (unpaired) electrons. The molecule has 0 unspecified atom stereocenters. The van der Waals surface area contributed by atoms with Crippen molar-refractivity contribution in [1.82, 2.24) is 0 Å². The maximum Gasteiger partial charge on any atom is 0.419 e. The van der Waals surface area contributed by atoms with Crippen LogP contribution < -0.4 is 15.0 Å². The number of methoxy groups -OCH3 is 1. The molecule has 0 saturated carbocycles. The molecule has 1 N–H and O–H groups in total. The average Bonchev–Trinajstić information content (AvgIpc) is 2.68. The number of anilines is 2. The molecule has 29 heavy (non-hydrogen) atoms. The van der Waals surface area contributed by atoms with Crippen molar-refractivity contribution in [2.75, 3.05) is 37.1 Å². The SMILES string of the molecule is COCCN(C(=O)Oc1cccc(NC(=O)OCC(C)C)c1)c1ccc(C)cc1. The highest BCUT2D eigenvalue weighted by molar-refractivity contribution is 5.89. The van der Waals surface area contributed by atoms with Gasteiger partial charge in [0.05, 0.1) is 19.8 Å². The Labute approximate surface area is 171 Å². The quantitative estimate of drug-likeness (QED) is 0.685. The zero-order valence-corrected chi connectivity index (χ0v) is 17.3. The molecule has 2 aromatic carbocycles. The smallest absolute Gasteiger partial charge is 0.419 e. The van der Waals surface area contributed by atoms with E-state index in [-0.39, 0.29) is 5.92 Å². The Morgan fingerprint density at radius 1 is 1.10 bits per heavy atom. The summed E-state index contributed by atoms with van der Waals surface area (Å²) < 4.78 is 15.7. The van der Waals surface area contributed by atoms with Crippen molar-refractivity contribution in [2.24, 2.45) is 5.92 Å². The van der Waals surface area contributed by atoms with Gasteiger partial charge in [0.1, 0.15) is 5.75 Å². The summed E-state index contributed by atoms with van der Waals surface area (Å²) >= 11 is 0. The van der Waals surface area contributed by atoms with Gasteiger partial charge in [0.25, 0.3) is 0 Å². The topological polar surface area (TPSA) is 77.1 Å². The number of ether oxygens (including phenoxy) is 3.